The Hall–Kier alpha value is -2.84. The molecule has 3 atom stereocenters. The van der Waals surface area contributed by atoms with Crippen molar-refractivity contribution < 1.29 is 19.0 Å². The molecule has 2 aromatic rings. The van der Waals surface area contributed by atoms with Crippen LogP contribution in [-0.2, 0) is 6.42 Å². The molecule has 1 fully saturated rings. The van der Waals surface area contributed by atoms with Gasteiger partial charge in [-0.25, -0.2) is 9.97 Å². The number of aliphatic hydroxyl groups excluding tert-OH is 1. The van der Waals surface area contributed by atoms with Gasteiger partial charge in [0, 0.05) is 37.0 Å². The molecule has 3 heterocycles. The summed E-state index contributed by atoms with van der Waals surface area (Å²) in [5.74, 6) is -0.404. The Bertz CT molecular complexity index is 1080. The third kappa shape index (κ3) is 6.28. The third-order valence-corrected chi connectivity index (χ3v) is 6.96. The maximum atomic E-state index is 13.1. The average Bonchev–Trinajstić information content (AvgIpc) is 2.80. The van der Waals surface area contributed by atoms with E-state index in [0.29, 0.717) is 12.3 Å². The molecule has 1 aliphatic carbocycles. The van der Waals surface area contributed by atoms with Gasteiger partial charge in [0.25, 0.3) is 5.91 Å². The van der Waals surface area contributed by atoms with Crippen molar-refractivity contribution in [3.63, 3.8) is 0 Å². The van der Waals surface area contributed by atoms with Gasteiger partial charge < -0.3 is 20.5 Å². The van der Waals surface area contributed by atoms with Gasteiger partial charge in [-0.3, -0.25) is 4.79 Å². The second-order valence-electron chi connectivity index (χ2n) is 11.3. The van der Waals surface area contributed by atoms with Crippen LogP contribution in [0.2, 0.25) is 0 Å². The molecule has 1 amide bonds. The maximum absolute atomic E-state index is 13.1. The first-order valence-corrected chi connectivity index (χ1v) is 12.7. The van der Waals surface area contributed by atoms with Crippen molar-refractivity contribution in [3.8, 4) is 5.88 Å². The van der Waals surface area contributed by atoms with Crippen LogP contribution < -0.4 is 15.4 Å². The highest BCUT2D eigenvalue weighted by Gasteiger charge is 2.46. The fraction of sp³-hybridized carbons (Fsp3) is 0.536. The lowest BCUT2D eigenvalue weighted by Gasteiger charge is -2.47. The van der Waals surface area contributed by atoms with E-state index in [9.17, 15) is 14.3 Å². The zero-order valence-corrected chi connectivity index (χ0v) is 21.4. The number of amides is 1. The van der Waals surface area contributed by atoms with E-state index in [1.807, 2.05) is 6.20 Å². The molecule has 0 radical (unpaired) electrons. The normalized spacial score (nSPS) is 20.0. The third-order valence-electron chi connectivity index (χ3n) is 6.96. The second-order valence-corrected chi connectivity index (χ2v) is 11.3. The molecule has 194 valence electrons. The van der Waals surface area contributed by atoms with E-state index in [-0.39, 0.29) is 29.2 Å². The Balaban J connectivity index is 1.46. The van der Waals surface area contributed by atoms with Crippen molar-refractivity contribution in [2.75, 3.05) is 6.54 Å². The lowest BCUT2D eigenvalue weighted by atomic mass is 9.73. The van der Waals surface area contributed by atoms with E-state index in [1.54, 1.807) is 6.08 Å². The van der Waals surface area contributed by atoms with Crippen LogP contribution >= 0.6 is 0 Å². The van der Waals surface area contributed by atoms with E-state index in [1.165, 1.54) is 12.3 Å². The van der Waals surface area contributed by atoms with E-state index in [4.69, 9.17) is 4.74 Å². The molecule has 0 aromatic carbocycles. The number of hydrogen-bond acceptors (Lipinski definition) is 6. The number of ether oxygens (including phenoxy) is 1. The monoisotopic (exact) mass is 496 g/mol. The SMILES string of the molecule is C=CC[C@H](NC(=O)c1ccc(F)nc1)[C@H](O)CN[C@H]1CC2(CCC2)Oc2ncc(CC(C)(C)C)cc21. The number of carbonyl (C=O) groups excluding carboxylic acids is 1. The number of aromatic nitrogens is 2. The number of fused-ring (bicyclic) bond motifs is 1. The highest BCUT2D eigenvalue weighted by atomic mass is 19.1. The molecule has 36 heavy (non-hydrogen) atoms. The van der Waals surface area contributed by atoms with Crippen LogP contribution in [0.15, 0.2) is 43.2 Å². The number of halogens is 1. The fourth-order valence-electron chi connectivity index (χ4n) is 5.01. The quantitative estimate of drug-likeness (QED) is 0.354. The molecule has 1 saturated carbocycles. The van der Waals surface area contributed by atoms with Crippen molar-refractivity contribution in [1.82, 2.24) is 20.6 Å². The zero-order chi connectivity index (χ0) is 25.9. The van der Waals surface area contributed by atoms with Gasteiger partial charge >= 0.3 is 0 Å². The van der Waals surface area contributed by atoms with Crippen molar-refractivity contribution in [2.45, 2.75) is 83.1 Å². The summed E-state index contributed by atoms with van der Waals surface area (Å²) in [6.45, 7) is 10.6. The molecule has 2 aromatic heterocycles. The summed E-state index contributed by atoms with van der Waals surface area (Å²) in [6.07, 6.45) is 9.12. The van der Waals surface area contributed by atoms with Gasteiger partial charge in [-0.05, 0) is 61.3 Å². The Labute approximate surface area is 212 Å². The summed E-state index contributed by atoms with van der Waals surface area (Å²) in [5.41, 5.74) is 2.34. The minimum absolute atomic E-state index is 0.0162. The van der Waals surface area contributed by atoms with Gasteiger partial charge in [-0.15, -0.1) is 6.58 Å². The first kappa shape index (κ1) is 26.2. The predicted molar refractivity (Wildman–Crippen MR) is 136 cm³/mol. The highest BCUT2D eigenvalue weighted by molar-refractivity contribution is 5.94. The molecule has 2 aliphatic rings. The van der Waals surface area contributed by atoms with E-state index in [2.05, 4.69) is 54.0 Å². The van der Waals surface area contributed by atoms with E-state index in [0.717, 1.165) is 49.3 Å². The lowest BCUT2D eigenvalue weighted by Crippen LogP contribution is -2.52. The molecule has 4 rings (SSSR count). The molecule has 0 saturated heterocycles. The van der Waals surface area contributed by atoms with Crippen LogP contribution in [0.4, 0.5) is 4.39 Å². The molecule has 3 N–H and O–H groups in total. The summed E-state index contributed by atoms with van der Waals surface area (Å²) in [5, 5.41) is 17.4. The topological polar surface area (TPSA) is 96.4 Å². The van der Waals surface area contributed by atoms with Crippen molar-refractivity contribution >= 4 is 5.91 Å². The number of rotatable bonds is 9. The van der Waals surface area contributed by atoms with Crippen LogP contribution in [0.5, 0.6) is 5.88 Å². The number of pyridine rings is 2. The highest BCUT2D eigenvalue weighted by Crippen LogP contribution is 2.48. The Morgan fingerprint density at radius 1 is 1.33 bits per heavy atom. The van der Waals surface area contributed by atoms with Gasteiger partial charge in [0.1, 0.15) is 5.60 Å². The summed E-state index contributed by atoms with van der Waals surface area (Å²) in [4.78, 5) is 20.8. The predicted octanol–water partition coefficient (Wildman–Crippen LogP) is 4.28. The minimum Gasteiger partial charge on any atom is -0.471 e. The van der Waals surface area contributed by atoms with Gasteiger partial charge in [0.15, 0.2) is 0 Å². The molecule has 0 bridgehead atoms. The number of hydrogen-bond donors (Lipinski definition) is 3. The first-order valence-electron chi connectivity index (χ1n) is 12.7. The summed E-state index contributed by atoms with van der Waals surface area (Å²) in [6, 6.07) is 4.10. The van der Waals surface area contributed by atoms with Crippen molar-refractivity contribution in [1.29, 1.82) is 0 Å². The summed E-state index contributed by atoms with van der Waals surface area (Å²) >= 11 is 0. The second kappa shape index (κ2) is 10.6. The molecular weight excluding hydrogens is 459 g/mol. The van der Waals surface area contributed by atoms with Gasteiger partial charge in [-0.2, -0.15) is 4.39 Å². The van der Waals surface area contributed by atoms with Crippen LogP contribution in [0.25, 0.3) is 0 Å². The Morgan fingerprint density at radius 3 is 2.72 bits per heavy atom. The van der Waals surface area contributed by atoms with Crippen LogP contribution in [-0.4, -0.2) is 45.3 Å². The Kier molecular flexibility index (Phi) is 7.76. The van der Waals surface area contributed by atoms with E-state index >= 15 is 0 Å². The lowest BCUT2D eigenvalue weighted by molar-refractivity contribution is -0.0420. The molecule has 8 heteroatoms. The molecule has 1 aliphatic heterocycles. The first-order chi connectivity index (χ1) is 17.1. The largest absolute Gasteiger partial charge is 0.471 e. The van der Waals surface area contributed by atoms with Crippen LogP contribution in [0, 0.1) is 11.4 Å². The van der Waals surface area contributed by atoms with Gasteiger partial charge in [0.05, 0.1) is 17.7 Å². The fourth-order valence-corrected chi connectivity index (χ4v) is 5.01. The number of nitrogens with zero attached hydrogens (tertiary/aromatic N) is 2. The van der Waals surface area contributed by atoms with Crippen LogP contribution in [0.1, 0.15) is 80.4 Å². The van der Waals surface area contributed by atoms with Crippen molar-refractivity contribution in [2.24, 2.45) is 5.41 Å². The smallest absolute Gasteiger partial charge is 0.253 e. The molecule has 1 spiro atoms. The molecule has 0 unspecified atom stereocenters. The number of aliphatic hydroxyl groups is 1. The number of nitrogens with one attached hydrogen (secondary N) is 2. The van der Waals surface area contributed by atoms with Crippen molar-refractivity contribution in [3.05, 3.63) is 65.9 Å². The average molecular weight is 497 g/mol. The Morgan fingerprint density at radius 2 is 2.11 bits per heavy atom. The molecular formula is C28H37FN4O3. The summed E-state index contributed by atoms with van der Waals surface area (Å²) < 4.78 is 19.5. The van der Waals surface area contributed by atoms with E-state index < -0.39 is 24.0 Å². The summed E-state index contributed by atoms with van der Waals surface area (Å²) in [7, 11) is 0. The maximum Gasteiger partial charge on any atom is 0.253 e. The standard InChI is InChI=1S/C28H37FN4O3/c1-5-7-21(33-25(35)19-8-9-24(29)31-16-19)23(34)17-30-22-14-28(10-6-11-28)36-26-20(22)12-18(15-32-26)13-27(2,3)4/h5,8-9,12,15-16,21-23,30,34H,1,6-7,10-11,13-14,17H2,2-4H3,(H,33,35)/t21-,22-,23+/m0/s1. The molecule has 7 nitrogen and oxygen atoms in total. The zero-order valence-electron chi connectivity index (χ0n) is 21.4. The van der Waals surface area contributed by atoms with Gasteiger partial charge in [0.2, 0.25) is 11.8 Å². The minimum atomic E-state index is -0.866. The number of carbonyl (C=O) groups is 1. The van der Waals surface area contributed by atoms with Gasteiger partial charge in [-0.1, -0.05) is 26.8 Å². The van der Waals surface area contributed by atoms with Crippen LogP contribution in [0.3, 0.4) is 0 Å².